The van der Waals surface area contributed by atoms with Gasteiger partial charge in [0.1, 0.15) is 18.7 Å². The van der Waals surface area contributed by atoms with E-state index in [1.54, 1.807) is 0 Å². The van der Waals surface area contributed by atoms with Crippen molar-refractivity contribution >= 4 is 17.7 Å². The van der Waals surface area contributed by atoms with Gasteiger partial charge in [-0.2, -0.15) is 0 Å². The molecule has 3 atom stereocenters. The highest BCUT2D eigenvalue weighted by Crippen LogP contribution is 2.26. The molecule has 0 aromatic heterocycles. The van der Waals surface area contributed by atoms with Gasteiger partial charge in [0.15, 0.2) is 0 Å². The van der Waals surface area contributed by atoms with Gasteiger partial charge in [-0.05, 0) is 11.3 Å². The lowest BCUT2D eigenvalue weighted by Gasteiger charge is -2.35. The molecule has 0 radical (unpaired) electrons. The highest BCUT2D eigenvalue weighted by atomic mass is 16.5. The highest BCUT2D eigenvalue weighted by Gasteiger charge is 2.44. The predicted molar refractivity (Wildman–Crippen MR) is 127 cm³/mol. The lowest BCUT2D eigenvalue weighted by molar-refractivity contribution is -0.144. The summed E-state index contributed by atoms with van der Waals surface area (Å²) in [6, 6.07) is -1.66. The molecule has 0 saturated carbocycles. The quantitative estimate of drug-likeness (QED) is 0.220. The van der Waals surface area contributed by atoms with E-state index in [0.29, 0.717) is 39.5 Å². The van der Waals surface area contributed by atoms with Crippen LogP contribution in [0.2, 0.25) is 0 Å². The normalized spacial score (nSPS) is 19.4. The third-order valence-corrected chi connectivity index (χ3v) is 5.21. The van der Waals surface area contributed by atoms with Gasteiger partial charge in [0.05, 0.1) is 39.1 Å². The van der Waals surface area contributed by atoms with E-state index in [0.717, 1.165) is 0 Å². The Bertz CT molecular complexity index is 639. The smallest absolute Gasteiger partial charge is 0.246 e. The van der Waals surface area contributed by atoms with Crippen molar-refractivity contribution in [2.45, 2.75) is 59.2 Å². The number of hydrogen-bond donors (Lipinski definition) is 4. The molecular formula is C23H44N4O7. The largest absolute Gasteiger partial charge is 0.391 e. The van der Waals surface area contributed by atoms with Crippen LogP contribution >= 0.6 is 0 Å². The summed E-state index contributed by atoms with van der Waals surface area (Å²) in [5.74, 6) is -0.881. The first kappa shape index (κ1) is 30.2. The Labute approximate surface area is 203 Å². The summed E-state index contributed by atoms with van der Waals surface area (Å²) < 4.78 is 15.9. The van der Waals surface area contributed by atoms with Crippen LogP contribution in [0.15, 0.2) is 0 Å². The monoisotopic (exact) mass is 488 g/mol. The van der Waals surface area contributed by atoms with E-state index < -0.39 is 35.4 Å². The van der Waals surface area contributed by atoms with Crippen molar-refractivity contribution in [2.75, 3.05) is 59.3 Å². The maximum atomic E-state index is 13.4. The molecule has 0 spiro atoms. The number of carbonyl (C=O) groups is 3. The molecule has 0 aliphatic carbocycles. The van der Waals surface area contributed by atoms with E-state index in [1.807, 2.05) is 34.6 Å². The van der Waals surface area contributed by atoms with Crippen LogP contribution in [0.25, 0.3) is 0 Å². The summed E-state index contributed by atoms with van der Waals surface area (Å²) in [6.07, 6.45) is -0.625. The minimum absolute atomic E-state index is 0.0455. The van der Waals surface area contributed by atoms with Gasteiger partial charge in [0.2, 0.25) is 17.7 Å². The van der Waals surface area contributed by atoms with Gasteiger partial charge in [-0.1, -0.05) is 34.6 Å². The summed E-state index contributed by atoms with van der Waals surface area (Å²) in [7, 11) is 0. The molecule has 1 heterocycles. The molecule has 3 unspecified atom stereocenters. The van der Waals surface area contributed by atoms with Crippen LogP contribution in [-0.2, 0) is 28.6 Å². The van der Waals surface area contributed by atoms with Crippen LogP contribution in [-0.4, -0.2) is 105 Å². The molecule has 11 heteroatoms. The van der Waals surface area contributed by atoms with Crippen LogP contribution in [0.5, 0.6) is 0 Å². The zero-order valence-corrected chi connectivity index (χ0v) is 21.3. The lowest BCUT2D eigenvalue weighted by Crippen LogP contribution is -2.58. The van der Waals surface area contributed by atoms with Gasteiger partial charge in [-0.25, -0.2) is 0 Å². The van der Waals surface area contributed by atoms with Crippen LogP contribution < -0.4 is 16.4 Å². The molecule has 5 N–H and O–H groups in total. The first-order valence-electron chi connectivity index (χ1n) is 12.0. The number of nitrogens with zero attached hydrogens (tertiary/aromatic N) is 1. The number of carbonyl (C=O) groups excluding carboxylic acids is 3. The van der Waals surface area contributed by atoms with Gasteiger partial charge in [0, 0.05) is 26.1 Å². The second-order valence-corrected chi connectivity index (χ2v) is 9.97. The number of β-amino-alcohol motifs (C(OH)–C–C–N with tert-alkyl or cyclic N) is 1. The molecule has 34 heavy (non-hydrogen) atoms. The van der Waals surface area contributed by atoms with Crippen molar-refractivity contribution < 1.29 is 33.7 Å². The highest BCUT2D eigenvalue weighted by molar-refractivity contribution is 5.93. The van der Waals surface area contributed by atoms with Crippen molar-refractivity contribution in [1.29, 1.82) is 0 Å². The fourth-order valence-corrected chi connectivity index (χ4v) is 3.43. The van der Waals surface area contributed by atoms with Crippen LogP contribution in [0.4, 0.5) is 0 Å². The number of nitrogens with two attached hydrogens (primary N) is 1. The average Bonchev–Trinajstić information content (AvgIpc) is 3.15. The molecule has 0 aromatic rings. The van der Waals surface area contributed by atoms with E-state index >= 15 is 0 Å². The van der Waals surface area contributed by atoms with Crippen LogP contribution in [0, 0.1) is 11.3 Å². The summed E-state index contributed by atoms with van der Waals surface area (Å²) in [5, 5.41) is 15.7. The van der Waals surface area contributed by atoms with Crippen molar-refractivity contribution in [3.05, 3.63) is 0 Å². The maximum absolute atomic E-state index is 13.4. The first-order chi connectivity index (χ1) is 16.0. The minimum Gasteiger partial charge on any atom is -0.391 e. The maximum Gasteiger partial charge on any atom is 0.246 e. The molecule has 198 valence electrons. The van der Waals surface area contributed by atoms with Gasteiger partial charge < -0.3 is 40.6 Å². The molecule has 0 aromatic carbocycles. The van der Waals surface area contributed by atoms with Gasteiger partial charge >= 0.3 is 0 Å². The van der Waals surface area contributed by atoms with Crippen LogP contribution in [0.3, 0.4) is 0 Å². The topological polar surface area (TPSA) is 152 Å². The number of hydrogen-bond acceptors (Lipinski definition) is 8. The fraction of sp³-hybridized carbons (Fsp3) is 0.870. The zero-order valence-electron chi connectivity index (χ0n) is 21.3. The lowest BCUT2D eigenvalue weighted by atomic mass is 9.85. The molecule has 0 bridgehead atoms. The van der Waals surface area contributed by atoms with E-state index in [4.69, 9.17) is 19.9 Å². The minimum atomic E-state index is -0.884. The van der Waals surface area contributed by atoms with Crippen molar-refractivity contribution in [2.24, 2.45) is 17.1 Å². The average molecular weight is 489 g/mol. The number of likely N-dealkylation sites (tertiary alicyclic amines) is 1. The number of amides is 3. The third-order valence-electron chi connectivity index (χ3n) is 5.21. The number of ether oxygens (including phenoxy) is 3. The zero-order chi connectivity index (χ0) is 25.7. The standard InChI is InChI=1S/C23H44N4O7/c1-16(2)13-25-21(30)18-12-17(28)14-27(18)22(31)20(23(3,4)5)26-19(29)15-34-11-10-33-9-8-32-7-6-24/h16-18,20,28H,6-15,24H2,1-5H3,(H,25,30)(H,26,29). The Morgan fingerprint density at radius 2 is 1.65 bits per heavy atom. The Morgan fingerprint density at radius 1 is 1.06 bits per heavy atom. The summed E-state index contributed by atoms with van der Waals surface area (Å²) in [4.78, 5) is 39.9. The van der Waals surface area contributed by atoms with Gasteiger partial charge in [-0.3, -0.25) is 14.4 Å². The predicted octanol–water partition coefficient (Wildman–Crippen LogP) is -0.740. The molecule has 1 rings (SSSR count). The Kier molecular flexibility index (Phi) is 13.6. The van der Waals surface area contributed by atoms with Crippen molar-refractivity contribution in [3.63, 3.8) is 0 Å². The van der Waals surface area contributed by atoms with Gasteiger partial charge in [-0.15, -0.1) is 0 Å². The van der Waals surface area contributed by atoms with E-state index in [1.165, 1.54) is 4.90 Å². The second kappa shape index (κ2) is 15.3. The van der Waals surface area contributed by atoms with E-state index in [9.17, 15) is 19.5 Å². The molecular weight excluding hydrogens is 444 g/mol. The fourth-order valence-electron chi connectivity index (χ4n) is 3.43. The summed E-state index contributed by atoms with van der Waals surface area (Å²) in [6.45, 7) is 12.0. The number of aliphatic hydroxyl groups excluding tert-OH is 1. The van der Waals surface area contributed by atoms with Gasteiger partial charge in [0.25, 0.3) is 0 Å². The summed E-state index contributed by atoms with van der Waals surface area (Å²) in [5.41, 5.74) is 4.71. The molecule has 11 nitrogen and oxygen atoms in total. The summed E-state index contributed by atoms with van der Waals surface area (Å²) >= 11 is 0. The Balaban J connectivity index is 2.60. The first-order valence-corrected chi connectivity index (χ1v) is 12.0. The van der Waals surface area contributed by atoms with Crippen molar-refractivity contribution in [1.82, 2.24) is 15.5 Å². The number of aliphatic hydroxyl groups is 1. The second-order valence-electron chi connectivity index (χ2n) is 9.97. The number of nitrogens with one attached hydrogen (secondary N) is 2. The molecule has 1 aliphatic rings. The SMILES string of the molecule is CC(C)CNC(=O)C1CC(O)CN1C(=O)C(NC(=O)COCCOCCOCCN)C(C)(C)C. The molecule has 1 saturated heterocycles. The van der Waals surface area contributed by atoms with Crippen molar-refractivity contribution in [3.8, 4) is 0 Å². The number of rotatable bonds is 15. The molecule has 3 amide bonds. The van der Waals surface area contributed by atoms with E-state index in [2.05, 4.69) is 10.6 Å². The molecule has 1 fully saturated rings. The Morgan fingerprint density at radius 3 is 2.21 bits per heavy atom. The molecule has 1 aliphatic heterocycles. The third kappa shape index (κ3) is 11.1. The van der Waals surface area contributed by atoms with E-state index in [-0.39, 0.29) is 38.0 Å². The Hall–Kier alpha value is -1.79. The van der Waals surface area contributed by atoms with Crippen LogP contribution in [0.1, 0.15) is 41.0 Å².